The molecule has 1 aromatic carbocycles. The summed E-state index contributed by atoms with van der Waals surface area (Å²) in [5, 5.41) is 3.38. The second-order valence-corrected chi connectivity index (χ2v) is 6.37. The molecule has 2 heteroatoms. The second kappa shape index (κ2) is 5.09. The number of hydrogen-bond acceptors (Lipinski definition) is 2. The highest BCUT2D eigenvalue weighted by atomic mass is 16.1. The minimum absolute atomic E-state index is 0.00408. The van der Waals surface area contributed by atoms with Gasteiger partial charge in [-0.25, -0.2) is 0 Å². The predicted octanol–water partition coefficient (Wildman–Crippen LogP) is 2.82. The maximum atomic E-state index is 12.9. The number of benzene rings is 1. The van der Waals surface area contributed by atoms with Crippen molar-refractivity contribution >= 4 is 5.78 Å². The third-order valence-electron chi connectivity index (χ3n) is 5.12. The zero-order chi connectivity index (χ0) is 13.3. The highest BCUT2D eigenvalue weighted by Gasteiger charge is 2.50. The molecule has 1 heterocycles. The predicted molar refractivity (Wildman–Crippen MR) is 77.0 cm³/mol. The molecular weight excluding hydrogens is 234 g/mol. The van der Waals surface area contributed by atoms with Crippen molar-refractivity contribution < 1.29 is 4.79 Å². The summed E-state index contributed by atoms with van der Waals surface area (Å²) in [6.45, 7) is 4.29. The van der Waals surface area contributed by atoms with Gasteiger partial charge in [-0.3, -0.25) is 4.79 Å². The van der Waals surface area contributed by atoms with Crippen molar-refractivity contribution in [3.63, 3.8) is 0 Å². The summed E-state index contributed by atoms with van der Waals surface area (Å²) in [5.41, 5.74) is 1.31. The Hall–Kier alpha value is -1.15. The summed E-state index contributed by atoms with van der Waals surface area (Å²) in [4.78, 5) is 12.9. The fraction of sp³-hybridized carbons (Fsp3) is 0.588. The van der Waals surface area contributed by atoms with E-state index in [4.69, 9.17) is 0 Å². The average molecular weight is 257 g/mol. The summed E-state index contributed by atoms with van der Waals surface area (Å²) in [5.74, 6) is 1.32. The molecular formula is C17H23NO. The lowest BCUT2D eigenvalue weighted by Crippen LogP contribution is -2.40. The number of carbonyl (C=O) groups is 1. The van der Waals surface area contributed by atoms with Gasteiger partial charge in [0.15, 0.2) is 0 Å². The van der Waals surface area contributed by atoms with Gasteiger partial charge in [0.1, 0.15) is 5.78 Å². The molecule has 2 aliphatic rings. The molecule has 1 aromatic rings. The van der Waals surface area contributed by atoms with Crippen molar-refractivity contribution in [3.05, 3.63) is 35.9 Å². The first-order valence-corrected chi connectivity index (χ1v) is 7.50. The Bertz CT molecular complexity index is 448. The van der Waals surface area contributed by atoms with Crippen LogP contribution in [0, 0.1) is 17.3 Å². The molecule has 1 spiro atoms. The van der Waals surface area contributed by atoms with Gasteiger partial charge < -0.3 is 5.32 Å². The van der Waals surface area contributed by atoms with Crippen LogP contribution in [0.3, 0.4) is 0 Å². The molecule has 2 fully saturated rings. The number of piperidine rings is 1. The van der Waals surface area contributed by atoms with Crippen molar-refractivity contribution in [1.29, 1.82) is 0 Å². The van der Waals surface area contributed by atoms with Crippen LogP contribution in [0.15, 0.2) is 30.3 Å². The van der Waals surface area contributed by atoms with Crippen LogP contribution in [0.1, 0.15) is 31.7 Å². The van der Waals surface area contributed by atoms with E-state index in [0.717, 1.165) is 38.8 Å². The molecule has 1 saturated carbocycles. The Morgan fingerprint density at radius 2 is 1.89 bits per heavy atom. The molecule has 0 bridgehead atoms. The lowest BCUT2D eigenvalue weighted by Gasteiger charge is -2.32. The molecule has 0 radical (unpaired) electrons. The van der Waals surface area contributed by atoms with Crippen molar-refractivity contribution in [1.82, 2.24) is 5.32 Å². The van der Waals surface area contributed by atoms with E-state index in [2.05, 4.69) is 36.5 Å². The van der Waals surface area contributed by atoms with E-state index in [1.165, 1.54) is 5.56 Å². The van der Waals surface area contributed by atoms with E-state index < -0.39 is 0 Å². The highest BCUT2D eigenvalue weighted by molar-refractivity contribution is 5.89. The maximum Gasteiger partial charge on any atom is 0.142 e. The molecule has 102 valence electrons. The Kier molecular flexibility index (Phi) is 3.44. The molecule has 2 nitrogen and oxygen atoms in total. The molecule has 0 aromatic heterocycles. The number of Topliss-reactive ketones (excluding diaryl/α,β-unsaturated/α-hetero) is 1. The van der Waals surface area contributed by atoms with Crippen LogP contribution in [0.25, 0.3) is 0 Å². The first-order valence-electron chi connectivity index (χ1n) is 7.50. The average Bonchev–Trinajstić information content (AvgIpc) is 2.66. The number of rotatable bonds is 2. The summed E-state index contributed by atoms with van der Waals surface area (Å²) < 4.78 is 0. The van der Waals surface area contributed by atoms with E-state index in [1.54, 1.807) is 0 Å². The van der Waals surface area contributed by atoms with Crippen LogP contribution in [0.2, 0.25) is 0 Å². The van der Waals surface area contributed by atoms with Gasteiger partial charge in [-0.05, 0) is 50.3 Å². The monoisotopic (exact) mass is 257 g/mol. The number of ketones is 1. The smallest absolute Gasteiger partial charge is 0.142 e. The van der Waals surface area contributed by atoms with E-state index in [1.807, 2.05) is 6.07 Å². The van der Waals surface area contributed by atoms with Gasteiger partial charge in [-0.1, -0.05) is 37.3 Å². The Morgan fingerprint density at radius 3 is 2.58 bits per heavy atom. The fourth-order valence-electron chi connectivity index (χ4n) is 4.03. The van der Waals surface area contributed by atoms with Crippen molar-refractivity contribution in [3.8, 4) is 0 Å². The third-order valence-corrected chi connectivity index (χ3v) is 5.12. The van der Waals surface area contributed by atoms with Crippen LogP contribution < -0.4 is 5.32 Å². The van der Waals surface area contributed by atoms with Gasteiger partial charge >= 0.3 is 0 Å². The molecule has 19 heavy (non-hydrogen) atoms. The van der Waals surface area contributed by atoms with Gasteiger partial charge in [0.05, 0.1) is 0 Å². The van der Waals surface area contributed by atoms with E-state index in [0.29, 0.717) is 11.7 Å². The molecule has 1 aliphatic heterocycles. The first kappa shape index (κ1) is 12.9. The van der Waals surface area contributed by atoms with Gasteiger partial charge in [-0.2, -0.15) is 0 Å². The molecule has 1 aliphatic carbocycles. The molecule has 2 unspecified atom stereocenters. The Labute approximate surface area is 115 Å². The SMILES string of the molecule is CC1CC2(CCNCC2)C(=O)C1Cc1ccccc1. The highest BCUT2D eigenvalue weighted by Crippen LogP contribution is 2.48. The zero-order valence-electron chi connectivity index (χ0n) is 11.7. The van der Waals surface area contributed by atoms with Crippen molar-refractivity contribution in [2.24, 2.45) is 17.3 Å². The molecule has 1 N–H and O–H groups in total. The topological polar surface area (TPSA) is 29.1 Å². The van der Waals surface area contributed by atoms with E-state index >= 15 is 0 Å². The summed E-state index contributed by atoms with van der Waals surface area (Å²) in [6.07, 6.45) is 4.12. The minimum atomic E-state index is 0.00408. The van der Waals surface area contributed by atoms with Crippen LogP contribution in [0.4, 0.5) is 0 Å². The molecule has 0 amide bonds. The summed E-state index contributed by atoms with van der Waals surface area (Å²) >= 11 is 0. The largest absolute Gasteiger partial charge is 0.317 e. The van der Waals surface area contributed by atoms with Gasteiger partial charge in [-0.15, -0.1) is 0 Å². The number of nitrogens with one attached hydrogen (secondary N) is 1. The van der Waals surface area contributed by atoms with E-state index in [-0.39, 0.29) is 11.3 Å². The zero-order valence-corrected chi connectivity index (χ0v) is 11.7. The Morgan fingerprint density at radius 1 is 1.21 bits per heavy atom. The van der Waals surface area contributed by atoms with Gasteiger partial charge in [0.25, 0.3) is 0 Å². The van der Waals surface area contributed by atoms with Crippen molar-refractivity contribution in [2.45, 2.75) is 32.6 Å². The summed E-state index contributed by atoms with van der Waals surface area (Å²) in [6, 6.07) is 10.5. The standard InChI is InChI=1S/C17H23NO/c1-13-12-17(7-9-18-10-8-17)16(19)15(13)11-14-5-3-2-4-6-14/h2-6,13,15,18H,7-12H2,1H3. The van der Waals surface area contributed by atoms with Crippen LogP contribution >= 0.6 is 0 Å². The third kappa shape index (κ3) is 2.34. The quantitative estimate of drug-likeness (QED) is 0.882. The normalized spacial score (nSPS) is 29.8. The Balaban J connectivity index is 1.77. The van der Waals surface area contributed by atoms with Crippen molar-refractivity contribution in [2.75, 3.05) is 13.1 Å². The number of carbonyl (C=O) groups excluding carboxylic acids is 1. The van der Waals surface area contributed by atoms with Gasteiger partial charge in [0.2, 0.25) is 0 Å². The lowest BCUT2D eigenvalue weighted by atomic mass is 9.75. The van der Waals surface area contributed by atoms with Crippen LogP contribution in [-0.2, 0) is 11.2 Å². The first-order chi connectivity index (χ1) is 9.21. The maximum absolute atomic E-state index is 12.9. The second-order valence-electron chi connectivity index (χ2n) is 6.37. The number of hydrogen-bond donors (Lipinski definition) is 1. The van der Waals surface area contributed by atoms with Gasteiger partial charge in [0, 0.05) is 11.3 Å². The molecule has 1 saturated heterocycles. The lowest BCUT2D eigenvalue weighted by molar-refractivity contribution is -0.130. The van der Waals surface area contributed by atoms with Crippen LogP contribution in [0.5, 0.6) is 0 Å². The van der Waals surface area contributed by atoms with Crippen LogP contribution in [-0.4, -0.2) is 18.9 Å². The minimum Gasteiger partial charge on any atom is -0.317 e. The summed E-state index contributed by atoms with van der Waals surface area (Å²) in [7, 11) is 0. The molecule has 2 atom stereocenters. The fourth-order valence-corrected chi connectivity index (χ4v) is 4.03. The molecule has 3 rings (SSSR count). The van der Waals surface area contributed by atoms with E-state index in [9.17, 15) is 4.79 Å².